The normalized spacial score (nSPS) is 15.0. The average Bonchev–Trinajstić information content (AvgIpc) is 2.75. The zero-order valence-electron chi connectivity index (χ0n) is 15.4. The van der Waals surface area contributed by atoms with Gasteiger partial charge >= 0.3 is 0 Å². The molecule has 0 atom stereocenters. The molecule has 148 valence electrons. The maximum Gasteiger partial charge on any atom is 0.243 e. The average molecular weight is 405 g/mol. The zero-order valence-corrected chi connectivity index (χ0v) is 17.0. The van der Waals surface area contributed by atoms with E-state index in [-0.39, 0.29) is 36.6 Å². The number of nitrogens with one attached hydrogen (secondary N) is 2. The molecule has 1 aromatic rings. The first-order valence-corrected chi connectivity index (χ1v) is 8.57. The summed E-state index contributed by atoms with van der Waals surface area (Å²) in [6, 6.07) is 7.11. The Hall–Kier alpha value is -1.34. The molecule has 1 saturated heterocycles. The largest absolute Gasteiger partial charge is 0.325 e. The molecule has 1 aromatic carbocycles. The lowest BCUT2D eigenvalue weighted by Crippen LogP contribution is -2.45. The third-order valence-electron chi connectivity index (χ3n) is 4.06. The number of halogens is 2. The van der Waals surface area contributed by atoms with Crippen LogP contribution >= 0.6 is 24.8 Å². The fraction of sp³-hybridized carbons (Fsp3) is 0.556. The van der Waals surface area contributed by atoms with Gasteiger partial charge in [-0.1, -0.05) is 18.9 Å². The lowest BCUT2D eigenvalue weighted by atomic mass is 10.1. The molecule has 1 aliphatic heterocycles. The molecule has 0 spiro atoms. The second-order valence-electron chi connectivity index (χ2n) is 7.00. The predicted octanol–water partition coefficient (Wildman–Crippen LogP) is 3.02. The van der Waals surface area contributed by atoms with Crippen LogP contribution in [-0.2, 0) is 9.59 Å². The van der Waals surface area contributed by atoms with Crippen LogP contribution in [0.4, 0.5) is 11.4 Å². The smallest absolute Gasteiger partial charge is 0.243 e. The van der Waals surface area contributed by atoms with Crippen molar-refractivity contribution in [1.82, 2.24) is 4.90 Å². The van der Waals surface area contributed by atoms with Gasteiger partial charge in [-0.2, -0.15) is 0 Å². The number of hydrogen-bond acceptors (Lipinski definition) is 4. The highest BCUT2D eigenvalue weighted by atomic mass is 35.5. The summed E-state index contributed by atoms with van der Waals surface area (Å²) >= 11 is 0. The predicted molar refractivity (Wildman–Crippen MR) is 111 cm³/mol. The third-order valence-corrected chi connectivity index (χ3v) is 4.06. The van der Waals surface area contributed by atoms with E-state index in [1.165, 1.54) is 12.8 Å². The number of hydrogen-bond donors (Lipinski definition) is 3. The van der Waals surface area contributed by atoms with E-state index in [1.807, 2.05) is 6.07 Å². The molecule has 8 heteroatoms. The van der Waals surface area contributed by atoms with Crippen LogP contribution < -0.4 is 16.4 Å². The van der Waals surface area contributed by atoms with Crippen LogP contribution in [0.2, 0.25) is 0 Å². The van der Waals surface area contributed by atoms with E-state index < -0.39 is 5.54 Å². The maximum absolute atomic E-state index is 12.2. The van der Waals surface area contributed by atoms with E-state index in [0.29, 0.717) is 17.9 Å². The van der Waals surface area contributed by atoms with Crippen LogP contribution in [0.3, 0.4) is 0 Å². The van der Waals surface area contributed by atoms with Crippen molar-refractivity contribution in [2.45, 2.75) is 45.1 Å². The van der Waals surface area contributed by atoms with Crippen LogP contribution in [0.1, 0.15) is 39.5 Å². The Bertz CT molecular complexity index is 583. The molecule has 1 heterocycles. The van der Waals surface area contributed by atoms with Crippen molar-refractivity contribution >= 4 is 48.0 Å². The molecule has 26 heavy (non-hydrogen) atoms. The van der Waals surface area contributed by atoms with Crippen LogP contribution in [-0.4, -0.2) is 41.9 Å². The lowest BCUT2D eigenvalue weighted by Gasteiger charge is -2.20. The molecule has 0 radical (unpaired) electrons. The van der Waals surface area contributed by atoms with E-state index in [2.05, 4.69) is 15.5 Å². The summed E-state index contributed by atoms with van der Waals surface area (Å²) in [7, 11) is 0. The fourth-order valence-corrected chi connectivity index (χ4v) is 2.66. The van der Waals surface area contributed by atoms with E-state index in [9.17, 15) is 9.59 Å². The van der Waals surface area contributed by atoms with Crippen LogP contribution in [0, 0.1) is 0 Å². The third kappa shape index (κ3) is 8.36. The highest BCUT2D eigenvalue weighted by molar-refractivity contribution is 5.98. The number of carbonyl (C=O) groups is 2. The number of likely N-dealkylation sites (tertiary alicyclic amines) is 1. The van der Waals surface area contributed by atoms with Crippen molar-refractivity contribution in [1.29, 1.82) is 0 Å². The van der Waals surface area contributed by atoms with Gasteiger partial charge in [0.1, 0.15) is 0 Å². The molecule has 0 saturated carbocycles. The van der Waals surface area contributed by atoms with E-state index in [1.54, 1.807) is 32.0 Å². The molecule has 1 aliphatic rings. The number of rotatable bonds is 5. The maximum atomic E-state index is 12.2. The Morgan fingerprint density at radius 2 is 1.58 bits per heavy atom. The molecule has 6 nitrogen and oxygen atoms in total. The molecule has 0 aliphatic carbocycles. The molecule has 0 unspecified atom stereocenters. The number of anilines is 2. The van der Waals surface area contributed by atoms with E-state index in [0.717, 1.165) is 25.9 Å². The minimum absolute atomic E-state index is 0. The summed E-state index contributed by atoms with van der Waals surface area (Å²) in [4.78, 5) is 26.4. The van der Waals surface area contributed by atoms with Crippen molar-refractivity contribution in [2.75, 3.05) is 30.3 Å². The Balaban J connectivity index is 0.00000312. The van der Waals surface area contributed by atoms with Gasteiger partial charge in [-0.3, -0.25) is 14.5 Å². The minimum Gasteiger partial charge on any atom is -0.325 e. The van der Waals surface area contributed by atoms with Gasteiger partial charge in [0, 0.05) is 11.4 Å². The van der Waals surface area contributed by atoms with Crippen molar-refractivity contribution < 1.29 is 9.59 Å². The number of amides is 2. The van der Waals surface area contributed by atoms with Gasteiger partial charge in [-0.15, -0.1) is 24.8 Å². The topological polar surface area (TPSA) is 87.5 Å². The molecular formula is C18H30Cl2N4O2. The number of benzene rings is 1. The number of nitrogens with zero attached hydrogens (tertiary/aromatic N) is 1. The minimum atomic E-state index is -0.952. The Labute approximate surface area is 168 Å². The van der Waals surface area contributed by atoms with Crippen molar-refractivity contribution in [3.05, 3.63) is 24.3 Å². The Morgan fingerprint density at radius 1 is 1.04 bits per heavy atom. The lowest BCUT2D eigenvalue weighted by molar-refractivity contribution is -0.120. The fourth-order valence-electron chi connectivity index (χ4n) is 2.66. The summed E-state index contributed by atoms with van der Waals surface area (Å²) in [5, 5.41) is 5.66. The first-order valence-electron chi connectivity index (χ1n) is 8.57. The van der Waals surface area contributed by atoms with Gasteiger partial charge in [-0.05, 0) is 58.0 Å². The SMILES string of the molecule is CC(C)(N)C(=O)Nc1cccc(NC(=O)CN2CCCCCC2)c1.Cl.Cl. The van der Waals surface area contributed by atoms with Gasteiger partial charge in [-0.25, -0.2) is 0 Å². The molecule has 2 rings (SSSR count). The van der Waals surface area contributed by atoms with Crippen LogP contribution in [0.25, 0.3) is 0 Å². The van der Waals surface area contributed by atoms with Gasteiger partial charge in [0.05, 0.1) is 12.1 Å². The van der Waals surface area contributed by atoms with Crippen molar-refractivity contribution in [2.24, 2.45) is 5.73 Å². The van der Waals surface area contributed by atoms with Crippen LogP contribution in [0.5, 0.6) is 0 Å². The molecule has 4 N–H and O–H groups in total. The zero-order chi connectivity index (χ0) is 17.6. The Kier molecular flexibility index (Phi) is 10.8. The summed E-state index contributed by atoms with van der Waals surface area (Å²) in [5.74, 6) is -0.296. The Morgan fingerprint density at radius 3 is 2.12 bits per heavy atom. The van der Waals surface area contributed by atoms with Gasteiger partial charge < -0.3 is 16.4 Å². The van der Waals surface area contributed by atoms with Crippen molar-refractivity contribution in [3.8, 4) is 0 Å². The van der Waals surface area contributed by atoms with Gasteiger partial charge in [0.25, 0.3) is 0 Å². The van der Waals surface area contributed by atoms with Crippen LogP contribution in [0.15, 0.2) is 24.3 Å². The summed E-state index contributed by atoms with van der Waals surface area (Å²) in [6.45, 7) is 5.67. The van der Waals surface area contributed by atoms with E-state index in [4.69, 9.17) is 5.73 Å². The molecular weight excluding hydrogens is 375 g/mol. The first-order chi connectivity index (χ1) is 11.3. The first kappa shape index (κ1) is 24.7. The second-order valence-corrected chi connectivity index (χ2v) is 7.00. The van der Waals surface area contributed by atoms with Crippen molar-refractivity contribution in [3.63, 3.8) is 0 Å². The highest BCUT2D eigenvalue weighted by Crippen LogP contribution is 2.17. The molecule has 0 aromatic heterocycles. The monoisotopic (exact) mass is 404 g/mol. The van der Waals surface area contributed by atoms with Gasteiger partial charge in [0.15, 0.2) is 0 Å². The summed E-state index contributed by atoms with van der Waals surface area (Å²) in [6.07, 6.45) is 4.81. The highest BCUT2D eigenvalue weighted by Gasteiger charge is 2.21. The number of nitrogens with two attached hydrogens (primary N) is 1. The van der Waals surface area contributed by atoms with Gasteiger partial charge in [0.2, 0.25) is 11.8 Å². The number of carbonyl (C=O) groups excluding carboxylic acids is 2. The molecule has 1 fully saturated rings. The summed E-state index contributed by atoms with van der Waals surface area (Å²) < 4.78 is 0. The molecule has 0 bridgehead atoms. The molecule has 2 amide bonds. The second kappa shape index (κ2) is 11.4. The quantitative estimate of drug-likeness (QED) is 0.703. The van der Waals surface area contributed by atoms with E-state index >= 15 is 0 Å². The summed E-state index contributed by atoms with van der Waals surface area (Å²) in [5.41, 5.74) is 6.11. The standard InChI is InChI=1S/C18H28N4O2.2ClH/c1-18(2,19)17(24)21-15-9-7-8-14(12-15)20-16(23)13-22-10-5-3-4-6-11-22;;/h7-9,12H,3-6,10-11,13,19H2,1-2H3,(H,20,23)(H,21,24);2*1H.